The molecule has 0 spiro atoms. The number of carbonyl (C=O) groups is 1. The van der Waals surface area contributed by atoms with Crippen molar-refractivity contribution in [2.45, 2.75) is 31.4 Å². The van der Waals surface area contributed by atoms with Gasteiger partial charge in [-0.05, 0) is 18.4 Å². The van der Waals surface area contributed by atoms with Gasteiger partial charge in [-0.2, -0.15) is 0 Å². The van der Waals surface area contributed by atoms with Crippen molar-refractivity contribution in [1.29, 1.82) is 0 Å². The van der Waals surface area contributed by atoms with E-state index in [1.165, 1.54) is 6.33 Å². The summed E-state index contributed by atoms with van der Waals surface area (Å²) in [7, 11) is 0. The van der Waals surface area contributed by atoms with Crippen molar-refractivity contribution in [2.24, 2.45) is 0 Å². The van der Waals surface area contributed by atoms with Crippen LogP contribution < -0.4 is 0 Å². The van der Waals surface area contributed by atoms with E-state index in [4.69, 9.17) is 4.74 Å². The number of carbonyl (C=O) groups excluding carboxylic acids is 1. The number of rotatable bonds is 6. The molecule has 124 valence electrons. The lowest BCUT2D eigenvalue weighted by Gasteiger charge is -2.37. The largest absolute Gasteiger partial charge is 0.373 e. The molecule has 6 nitrogen and oxygen atoms in total. The first-order chi connectivity index (χ1) is 11.3. The summed E-state index contributed by atoms with van der Waals surface area (Å²) >= 11 is 0. The fourth-order valence-electron chi connectivity index (χ4n) is 3.42. The van der Waals surface area contributed by atoms with E-state index < -0.39 is 0 Å². The van der Waals surface area contributed by atoms with Gasteiger partial charge in [0.05, 0.1) is 12.7 Å². The van der Waals surface area contributed by atoms with Crippen molar-refractivity contribution >= 4 is 5.91 Å². The van der Waals surface area contributed by atoms with Crippen molar-refractivity contribution in [3.05, 3.63) is 36.9 Å². The Morgan fingerprint density at radius 3 is 2.96 bits per heavy atom. The highest BCUT2D eigenvalue weighted by molar-refractivity contribution is 5.76. The Balaban J connectivity index is 1.47. The van der Waals surface area contributed by atoms with E-state index in [0.717, 1.165) is 38.2 Å². The molecule has 2 saturated heterocycles. The van der Waals surface area contributed by atoms with E-state index in [0.29, 0.717) is 25.5 Å². The maximum Gasteiger partial charge on any atom is 0.223 e. The Hall–Kier alpha value is -1.79. The van der Waals surface area contributed by atoms with Crippen LogP contribution in [0, 0.1) is 0 Å². The smallest absolute Gasteiger partial charge is 0.223 e. The van der Waals surface area contributed by atoms with Crippen LogP contribution in [0.4, 0.5) is 0 Å². The Bertz CT molecular complexity index is 537. The first-order valence-electron chi connectivity index (χ1n) is 8.24. The molecule has 23 heavy (non-hydrogen) atoms. The fraction of sp³-hybridized carbons (Fsp3) is 0.588. The maximum atomic E-state index is 12.4. The summed E-state index contributed by atoms with van der Waals surface area (Å²) in [6, 6.07) is 0.433. The minimum absolute atomic E-state index is 0.226. The molecule has 0 N–H and O–H groups in total. The number of amides is 1. The molecule has 3 rings (SSSR count). The van der Waals surface area contributed by atoms with Gasteiger partial charge in [-0.25, -0.2) is 9.97 Å². The molecule has 0 aromatic carbocycles. The SMILES string of the molecule is C=CCOC1CC2CN(C(=O)CCc3cncnc3)CCN2C1. The summed E-state index contributed by atoms with van der Waals surface area (Å²) in [6.45, 7) is 7.85. The summed E-state index contributed by atoms with van der Waals surface area (Å²) in [4.78, 5) is 24.9. The summed E-state index contributed by atoms with van der Waals surface area (Å²) in [5.41, 5.74) is 1.01. The zero-order chi connectivity index (χ0) is 16.1. The van der Waals surface area contributed by atoms with Gasteiger partial charge in [0.15, 0.2) is 0 Å². The van der Waals surface area contributed by atoms with Crippen LogP contribution in [0.2, 0.25) is 0 Å². The quantitative estimate of drug-likeness (QED) is 0.730. The van der Waals surface area contributed by atoms with Gasteiger partial charge in [-0.15, -0.1) is 6.58 Å². The molecule has 2 unspecified atom stereocenters. The van der Waals surface area contributed by atoms with Gasteiger partial charge >= 0.3 is 0 Å². The zero-order valence-electron chi connectivity index (χ0n) is 13.4. The first kappa shape index (κ1) is 16.1. The number of piperazine rings is 1. The lowest BCUT2D eigenvalue weighted by atomic mass is 10.1. The highest BCUT2D eigenvalue weighted by Crippen LogP contribution is 2.24. The van der Waals surface area contributed by atoms with Crippen molar-refractivity contribution in [3.8, 4) is 0 Å². The molecular formula is C17H24N4O2. The van der Waals surface area contributed by atoms with Crippen LogP contribution in [-0.2, 0) is 16.0 Å². The third kappa shape index (κ3) is 4.14. The molecule has 0 bridgehead atoms. The summed E-state index contributed by atoms with van der Waals surface area (Å²) in [5, 5.41) is 0. The summed E-state index contributed by atoms with van der Waals surface area (Å²) in [6.07, 6.45) is 9.36. The Labute approximate surface area is 137 Å². The van der Waals surface area contributed by atoms with Crippen LogP contribution in [0.1, 0.15) is 18.4 Å². The molecule has 3 heterocycles. The molecule has 1 amide bonds. The van der Waals surface area contributed by atoms with Gasteiger partial charge in [0.25, 0.3) is 0 Å². The fourth-order valence-corrected chi connectivity index (χ4v) is 3.42. The number of hydrogen-bond donors (Lipinski definition) is 0. The van der Waals surface area contributed by atoms with Crippen LogP contribution in [-0.4, -0.2) is 70.6 Å². The molecule has 6 heteroatoms. The van der Waals surface area contributed by atoms with Crippen molar-refractivity contribution in [3.63, 3.8) is 0 Å². The van der Waals surface area contributed by atoms with Crippen LogP contribution >= 0.6 is 0 Å². The van der Waals surface area contributed by atoms with Gasteiger partial charge in [0.1, 0.15) is 6.33 Å². The molecule has 2 atom stereocenters. The minimum Gasteiger partial charge on any atom is -0.373 e. The minimum atomic E-state index is 0.226. The lowest BCUT2D eigenvalue weighted by molar-refractivity contribution is -0.133. The molecule has 2 fully saturated rings. The number of fused-ring (bicyclic) bond motifs is 1. The normalized spacial score (nSPS) is 24.4. The highest BCUT2D eigenvalue weighted by atomic mass is 16.5. The van der Waals surface area contributed by atoms with Crippen molar-refractivity contribution < 1.29 is 9.53 Å². The Morgan fingerprint density at radius 2 is 2.17 bits per heavy atom. The molecular weight excluding hydrogens is 292 g/mol. The van der Waals surface area contributed by atoms with Gasteiger partial charge in [-0.3, -0.25) is 9.69 Å². The molecule has 0 saturated carbocycles. The summed E-state index contributed by atoms with van der Waals surface area (Å²) in [5.74, 6) is 0.226. The molecule has 0 aliphatic carbocycles. The lowest BCUT2D eigenvalue weighted by Crippen LogP contribution is -2.52. The first-order valence-corrected chi connectivity index (χ1v) is 8.24. The zero-order valence-corrected chi connectivity index (χ0v) is 13.4. The standard InChI is InChI=1S/C17H24N4O2/c1-2-7-23-16-8-15-11-21(6-5-20(15)12-16)17(22)4-3-14-9-18-13-19-10-14/h2,9-10,13,15-16H,1,3-8,11-12H2. The second-order valence-corrected chi connectivity index (χ2v) is 6.21. The van der Waals surface area contributed by atoms with E-state index in [1.54, 1.807) is 18.5 Å². The monoisotopic (exact) mass is 316 g/mol. The average Bonchev–Trinajstić information content (AvgIpc) is 3.00. The van der Waals surface area contributed by atoms with Gasteiger partial charge in [-0.1, -0.05) is 6.08 Å². The Morgan fingerprint density at radius 1 is 1.35 bits per heavy atom. The average molecular weight is 316 g/mol. The Kier molecular flexibility index (Phi) is 5.35. The number of hydrogen-bond acceptors (Lipinski definition) is 5. The molecule has 2 aliphatic heterocycles. The van der Waals surface area contributed by atoms with Crippen LogP contribution in [0.5, 0.6) is 0 Å². The van der Waals surface area contributed by atoms with E-state index in [2.05, 4.69) is 21.4 Å². The molecule has 0 radical (unpaired) electrons. The van der Waals surface area contributed by atoms with Crippen molar-refractivity contribution in [1.82, 2.24) is 19.8 Å². The second-order valence-electron chi connectivity index (χ2n) is 6.21. The molecule has 1 aromatic heterocycles. The third-order valence-corrected chi connectivity index (χ3v) is 4.62. The number of nitrogens with zero attached hydrogens (tertiary/aromatic N) is 4. The van der Waals surface area contributed by atoms with Crippen LogP contribution in [0.15, 0.2) is 31.4 Å². The number of ether oxygens (including phenoxy) is 1. The maximum absolute atomic E-state index is 12.4. The number of aryl methyl sites for hydroxylation is 1. The van der Waals surface area contributed by atoms with Crippen LogP contribution in [0.3, 0.4) is 0 Å². The third-order valence-electron chi connectivity index (χ3n) is 4.62. The van der Waals surface area contributed by atoms with E-state index in [1.807, 2.05) is 4.90 Å². The van der Waals surface area contributed by atoms with Crippen LogP contribution in [0.25, 0.3) is 0 Å². The highest BCUT2D eigenvalue weighted by Gasteiger charge is 2.37. The van der Waals surface area contributed by atoms with E-state index >= 15 is 0 Å². The van der Waals surface area contributed by atoms with Gasteiger partial charge < -0.3 is 9.64 Å². The van der Waals surface area contributed by atoms with E-state index in [-0.39, 0.29) is 12.0 Å². The predicted octanol–water partition coefficient (Wildman–Crippen LogP) is 0.897. The van der Waals surface area contributed by atoms with E-state index in [9.17, 15) is 4.79 Å². The number of aromatic nitrogens is 2. The summed E-state index contributed by atoms with van der Waals surface area (Å²) < 4.78 is 5.77. The van der Waals surface area contributed by atoms with Gasteiger partial charge in [0.2, 0.25) is 5.91 Å². The predicted molar refractivity (Wildman–Crippen MR) is 86.8 cm³/mol. The molecule has 2 aliphatic rings. The second kappa shape index (κ2) is 7.66. The molecule has 1 aromatic rings. The van der Waals surface area contributed by atoms with Crippen molar-refractivity contribution in [2.75, 3.05) is 32.8 Å². The topological polar surface area (TPSA) is 58.6 Å². The van der Waals surface area contributed by atoms with Gasteiger partial charge in [0, 0.05) is 51.0 Å².